The summed E-state index contributed by atoms with van der Waals surface area (Å²) in [5.41, 5.74) is 4.78. The first kappa shape index (κ1) is 10.4. The second-order valence-corrected chi connectivity index (χ2v) is 3.41. The lowest BCUT2D eigenvalue weighted by atomic mass is 10.2. The third kappa shape index (κ3) is 1.59. The Morgan fingerprint density at radius 2 is 2.12 bits per heavy atom. The van der Waals surface area contributed by atoms with Gasteiger partial charge < -0.3 is 15.8 Å². The molecule has 0 aliphatic heterocycles. The van der Waals surface area contributed by atoms with Crippen molar-refractivity contribution in [3.8, 4) is 5.75 Å². The molecule has 0 fully saturated rings. The molecule has 4 N–H and O–H groups in total. The Labute approximate surface area is 89.9 Å². The average Bonchev–Trinajstić information content (AvgIpc) is 2.26. The molecule has 2 aromatic rings. The molecule has 0 aliphatic carbocycles. The molecule has 6 heteroatoms. The maximum Gasteiger partial charge on any atom is 0.328 e. The zero-order valence-corrected chi connectivity index (χ0v) is 8.43. The van der Waals surface area contributed by atoms with Crippen LogP contribution in [0.4, 0.5) is 0 Å². The van der Waals surface area contributed by atoms with Crippen LogP contribution < -0.4 is 17.0 Å². The minimum absolute atomic E-state index is 0.0176. The first-order valence-electron chi connectivity index (χ1n) is 4.79. The summed E-state index contributed by atoms with van der Waals surface area (Å²) in [6.07, 6.45) is 0. The maximum absolute atomic E-state index is 11.9. The smallest absolute Gasteiger partial charge is 0.328 e. The SMILES string of the molecule is NCCn1c(=O)[nH]c2ccc(O)cc2c1=O. The van der Waals surface area contributed by atoms with Gasteiger partial charge in [-0.2, -0.15) is 0 Å². The zero-order valence-electron chi connectivity index (χ0n) is 8.43. The first-order chi connectivity index (χ1) is 7.63. The molecule has 1 aromatic carbocycles. The van der Waals surface area contributed by atoms with Gasteiger partial charge in [0, 0.05) is 13.1 Å². The number of aromatic nitrogens is 2. The molecule has 84 valence electrons. The van der Waals surface area contributed by atoms with Crippen LogP contribution in [0, 0.1) is 0 Å². The lowest BCUT2D eigenvalue weighted by Crippen LogP contribution is -2.36. The van der Waals surface area contributed by atoms with E-state index in [2.05, 4.69) is 4.98 Å². The van der Waals surface area contributed by atoms with E-state index < -0.39 is 11.2 Å². The molecule has 0 bridgehead atoms. The summed E-state index contributed by atoms with van der Waals surface area (Å²) >= 11 is 0. The van der Waals surface area contributed by atoms with Gasteiger partial charge in [0.2, 0.25) is 0 Å². The number of fused-ring (bicyclic) bond motifs is 1. The van der Waals surface area contributed by atoms with Gasteiger partial charge in [-0.3, -0.25) is 9.36 Å². The molecule has 0 saturated heterocycles. The summed E-state index contributed by atoms with van der Waals surface area (Å²) in [4.78, 5) is 25.9. The van der Waals surface area contributed by atoms with Crippen molar-refractivity contribution in [2.24, 2.45) is 5.73 Å². The monoisotopic (exact) mass is 221 g/mol. The highest BCUT2D eigenvalue weighted by atomic mass is 16.3. The van der Waals surface area contributed by atoms with Gasteiger partial charge in [0.1, 0.15) is 5.75 Å². The number of hydrogen-bond donors (Lipinski definition) is 3. The fourth-order valence-electron chi connectivity index (χ4n) is 1.57. The molecule has 0 unspecified atom stereocenters. The van der Waals surface area contributed by atoms with Gasteiger partial charge in [-0.05, 0) is 18.2 Å². The number of rotatable bonds is 2. The number of aromatic hydroxyl groups is 1. The average molecular weight is 221 g/mol. The minimum atomic E-state index is -0.492. The van der Waals surface area contributed by atoms with Crippen molar-refractivity contribution in [3.63, 3.8) is 0 Å². The Morgan fingerprint density at radius 3 is 2.81 bits per heavy atom. The van der Waals surface area contributed by atoms with E-state index in [0.717, 1.165) is 4.57 Å². The Kier molecular flexibility index (Phi) is 2.49. The molecule has 1 aromatic heterocycles. The van der Waals surface area contributed by atoms with Crippen molar-refractivity contribution in [2.45, 2.75) is 6.54 Å². The number of benzene rings is 1. The third-order valence-corrected chi connectivity index (χ3v) is 2.32. The van der Waals surface area contributed by atoms with Crippen LogP contribution in [-0.4, -0.2) is 21.2 Å². The Bertz CT molecular complexity index is 642. The lowest BCUT2D eigenvalue weighted by molar-refractivity contribution is 0.476. The predicted molar refractivity (Wildman–Crippen MR) is 59.5 cm³/mol. The molecule has 0 amide bonds. The van der Waals surface area contributed by atoms with Gasteiger partial charge in [0.25, 0.3) is 5.56 Å². The van der Waals surface area contributed by atoms with Gasteiger partial charge in [-0.1, -0.05) is 0 Å². The van der Waals surface area contributed by atoms with Crippen molar-refractivity contribution >= 4 is 10.9 Å². The number of nitrogens with one attached hydrogen (secondary N) is 1. The van der Waals surface area contributed by atoms with E-state index in [4.69, 9.17) is 5.73 Å². The van der Waals surface area contributed by atoms with Gasteiger partial charge >= 0.3 is 5.69 Å². The largest absolute Gasteiger partial charge is 0.508 e. The molecule has 0 spiro atoms. The second-order valence-electron chi connectivity index (χ2n) is 3.41. The van der Waals surface area contributed by atoms with E-state index >= 15 is 0 Å². The minimum Gasteiger partial charge on any atom is -0.508 e. The molecule has 6 nitrogen and oxygen atoms in total. The first-order valence-corrected chi connectivity index (χ1v) is 4.79. The zero-order chi connectivity index (χ0) is 11.7. The number of aromatic amines is 1. The van der Waals surface area contributed by atoms with E-state index in [9.17, 15) is 14.7 Å². The van der Waals surface area contributed by atoms with Crippen LogP contribution in [0.1, 0.15) is 0 Å². The van der Waals surface area contributed by atoms with E-state index in [1.807, 2.05) is 0 Å². The molecule has 0 atom stereocenters. The Balaban J connectivity index is 2.85. The summed E-state index contributed by atoms with van der Waals surface area (Å²) in [7, 11) is 0. The standard InChI is InChI=1S/C10H11N3O3/c11-3-4-13-9(15)7-5-6(14)1-2-8(7)12-10(13)16/h1-2,5,14H,3-4,11H2,(H,12,16). The fourth-order valence-corrected chi connectivity index (χ4v) is 1.57. The summed E-state index contributed by atoms with van der Waals surface area (Å²) < 4.78 is 1.02. The topological polar surface area (TPSA) is 101 Å². The van der Waals surface area contributed by atoms with E-state index in [-0.39, 0.29) is 24.2 Å². The number of nitrogens with zero attached hydrogens (tertiary/aromatic N) is 1. The van der Waals surface area contributed by atoms with Crippen molar-refractivity contribution in [3.05, 3.63) is 39.0 Å². The number of nitrogens with two attached hydrogens (primary N) is 1. The van der Waals surface area contributed by atoms with Crippen molar-refractivity contribution in [1.82, 2.24) is 9.55 Å². The Hall–Kier alpha value is -2.08. The Morgan fingerprint density at radius 1 is 1.38 bits per heavy atom. The van der Waals surface area contributed by atoms with Crippen LogP contribution in [-0.2, 0) is 6.54 Å². The normalized spacial score (nSPS) is 10.8. The molecular weight excluding hydrogens is 210 g/mol. The summed E-state index contributed by atoms with van der Waals surface area (Å²) in [5.74, 6) is -0.0176. The van der Waals surface area contributed by atoms with Crippen LogP contribution in [0.3, 0.4) is 0 Å². The van der Waals surface area contributed by atoms with E-state index in [1.165, 1.54) is 18.2 Å². The van der Waals surface area contributed by atoms with Crippen molar-refractivity contribution in [2.75, 3.05) is 6.54 Å². The molecule has 16 heavy (non-hydrogen) atoms. The lowest BCUT2D eigenvalue weighted by Gasteiger charge is -2.04. The highest BCUT2D eigenvalue weighted by molar-refractivity contribution is 5.78. The van der Waals surface area contributed by atoms with E-state index in [0.29, 0.717) is 5.52 Å². The van der Waals surface area contributed by atoms with Gasteiger partial charge in [0.15, 0.2) is 0 Å². The summed E-state index contributed by atoms with van der Waals surface area (Å²) in [5, 5.41) is 9.55. The van der Waals surface area contributed by atoms with Crippen LogP contribution in [0.5, 0.6) is 5.75 Å². The second kappa shape index (κ2) is 3.82. The van der Waals surface area contributed by atoms with Crippen molar-refractivity contribution < 1.29 is 5.11 Å². The number of hydrogen-bond acceptors (Lipinski definition) is 4. The fraction of sp³-hybridized carbons (Fsp3) is 0.200. The van der Waals surface area contributed by atoms with Gasteiger partial charge in [-0.15, -0.1) is 0 Å². The van der Waals surface area contributed by atoms with Crippen LogP contribution in [0.2, 0.25) is 0 Å². The van der Waals surface area contributed by atoms with Gasteiger partial charge in [-0.25, -0.2) is 4.79 Å². The molecule has 1 heterocycles. The van der Waals surface area contributed by atoms with Gasteiger partial charge in [0.05, 0.1) is 10.9 Å². The van der Waals surface area contributed by atoms with Crippen LogP contribution in [0.15, 0.2) is 27.8 Å². The van der Waals surface area contributed by atoms with E-state index in [1.54, 1.807) is 0 Å². The highest BCUT2D eigenvalue weighted by Gasteiger charge is 2.07. The van der Waals surface area contributed by atoms with Crippen molar-refractivity contribution in [1.29, 1.82) is 0 Å². The summed E-state index contributed by atoms with van der Waals surface area (Å²) in [6, 6.07) is 4.21. The predicted octanol–water partition coefficient (Wildman–Crippen LogP) is -0.646. The van der Waals surface area contributed by atoms with Crippen LogP contribution in [0.25, 0.3) is 10.9 Å². The number of H-pyrrole nitrogens is 1. The highest BCUT2D eigenvalue weighted by Crippen LogP contribution is 2.13. The molecular formula is C10H11N3O3. The molecule has 0 aliphatic rings. The molecule has 0 radical (unpaired) electrons. The number of phenolic OH excluding ortho intramolecular Hbond substituents is 1. The van der Waals surface area contributed by atoms with Crippen LogP contribution >= 0.6 is 0 Å². The number of phenols is 1. The quantitative estimate of drug-likeness (QED) is 0.627. The third-order valence-electron chi connectivity index (χ3n) is 2.32. The molecule has 0 saturated carbocycles. The molecule has 2 rings (SSSR count). The maximum atomic E-state index is 11.9. The summed E-state index contributed by atoms with van der Waals surface area (Å²) in [6.45, 7) is 0.354.